The van der Waals surface area contributed by atoms with E-state index in [1.807, 2.05) is 7.11 Å². The number of rotatable bonds is 5. The number of methoxy groups -OCH3 is 1. The third-order valence-electron chi connectivity index (χ3n) is 13.4. The number of ketones is 1. The molecule has 0 radical (unpaired) electrons. The number of carbonyl (C=O) groups is 1. The average Bonchev–Trinajstić information content (AvgIpc) is 3.05. The van der Waals surface area contributed by atoms with Gasteiger partial charge in [0.2, 0.25) is 0 Å². The van der Waals surface area contributed by atoms with Crippen LogP contribution in [0.25, 0.3) is 0 Å². The van der Waals surface area contributed by atoms with Gasteiger partial charge in [-0.3, -0.25) is 4.79 Å². The first-order valence-electron chi connectivity index (χ1n) is 14.8. The molecular formula is C33H56O2. The molecular weight excluding hydrogens is 428 g/mol. The summed E-state index contributed by atoms with van der Waals surface area (Å²) >= 11 is 0. The van der Waals surface area contributed by atoms with Gasteiger partial charge in [-0.05, 0) is 104 Å². The van der Waals surface area contributed by atoms with Crippen molar-refractivity contribution in [3.8, 4) is 0 Å². The Hall–Kier alpha value is -0.630. The van der Waals surface area contributed by atoms with Gasteiger partial charge in [0.25, 0.3) is 0 Å². The highest BCUT2D eigenvalue weighted by molar-refractivity contribution is 5.85. The standard InChI is InChI=1S/C33H56O2/c1-22(14-21-33(10,35-11)28(2,3)4)23-15-19-32(9)25-12-13-26-29(5,6)27(34)17-18-30(26,7)24(25)16-20-31(23,32)8/h16,22-23,25-26H,12-15,17-21H2,1-11H3. The van der Waals surface area contributed by atoms with E-state index in [2.05, 4.69) is 75.3 Å². The Morgan fingerprint density at radius 3 is 2.26 bits per heavy atom. The summed E-state index contributed by atoms with van der Waals surface area (Å²) < 4.78 is 6.09. The van der Waals surface area contributed by atoms with E-state index in [1.54, 1.807) is 5.57 Å². The Morgan fingerprint density at radius 1 is 1.00 bits per heavy atom. The van der Waals surface area contributed by atoms with Gasteiger partial charge >= 0.3 is 0 Å². The van der Waals surface area contributed by atoms with E-state index in [9.17, 15) is 4.79 Å². The molecule has 4 aliphatic rings. The maximum Gasteiger partial charge on any atom is 0.138 e. The van der Waals surface area contributed by atoms with Crippen molar-refractivity contribution in [2.45, 2.75) is 133 Å². The molecule has 0 aromatic rings. The summed E-state index contributed by atoms with van der Waals surface area (Å²) in [6.45, 7) is 24.1. The molecule has 0 saturated heterocycles. The first-order valence-corrected chi connectivity index (χ1v) is 14.8. The summed E-state index contributed by atoms with van der Waals surface area (Å²) in [5.41, 5.74) is 2.60. The van der Waals surface area contributed by atoms with Gasteiger partial charge in [0.05, 0.1) is 5.60 Å². The third kappa shape index (κ3) is 3.77. The SMILES string of the molecule is COC(C)(CCC(C)C1CCC2(C)C3CCC4C(C)(C)C(=O)CCC4(C)C3=CCC12C)C(C)(C)C. The molecule has 4 rings (SSSR count). The van der Waals surface area contributed by atoms with Crippen LogP contribution in [-0.2, 0) is 9.53 Å². The second kappa shape index (κ2) is 8.44. The van der Waals surface area contributed by atoms with E-state index < -0.39 is 0 Å². The second-order valence-electron chi connectivity index (χ2n) is 15.8. The van der Waals surface area contributed by atoms with Crippen LogP contribution in [0.3, 0.4) is 0 Å². The molecule has 3 fully saturated rings. The fraction of sp³-hybridized carbons (Fsp3) is 0.909. The van der Waals surface area contributed by atoms with Crippen LogP contribution in [0.4, 0.5) is 0 Å². The molecule has 0 spiro atoms. The minimum atomic E-state index is -0.172. The molecule has 8 atom stereocenters. The van der Waals surface area contributed by atoms with Crippen molar-refractivity contribution >= 4 is 5.78 Å². The number of Topliss-reactive ketones (excluding diaryl/α,β-unsaturated/α-hetero) is 1. The summed E-state index contributed by atoms with van der Waals surface area (Å²) in [5, 5.41) is 0. The molecule has 3 saturated carbocycles. The van der Waals surface area contributed by atoms with Gasteiger partial charge in [0.15, 0.2) is 0 Å². The first kappa shape index (κ1) is 27.4. The number of hydrogen-bond acceptors (Lipinski definition) is 2. The van der Waals surface area contributed by atoms with Crippen LogP contribution in [0, 0.1) is 50.7 Å². The van der Waals surface area contributed by atoms with Crippen LogP contribution in [0.1, 0.15) is 127 Å². The van der Waals surface area contributed by atoms with Crippen LogP contribution in [0.5, 0.6) is 0 Å². The zero-order valence-electron chi connectivity index (χ0n) is 25.1. The van der Waals surface area contributed by atoms with Crippen molar-refractivity contribution < 1.29 is 9.53 Å². The van der Waals surface area contributed by atoms with E-state index in [0.717, 1.165) is 25.2 Å². The summed E-state index contributed by atoms with van der Waals surface area (Å²) in [5.74, 6) is 3.20. The first-order chi connectivity index (χ1) is 16.0. The number of carbonyl (C=O) groups excluding carboxylic acids is 1. The number of allylic oxidation sites excluding steroid dienone is 2. The molecule has 0 aliphatic heterocycles. The summed E-state index contributed by atoms with van der Waals surface area (Å²) in [7, 11) is 1.90. The predicted molar refractivity (Wildman–Crippen MR) is 147 cm³/mol. The van der Waals surface area contributed by atoms with E-state index in [1.165, 1.54) is 38.5 Å². The van der Waals surface area contributed by atoms with E-state index in [0.29, 0.717) is 34.4 Å². The molecule has 4 aliphatic carbocycles. The van der Waals surface area contributed by atoms with E-state index >= 15 is 0 Å². The molecule has 2 heteroatoms. The fourth-order valence-corrected chi connectivity index (χ4v) is 9.97. The van der Waals surface area contributed by atoms with Crippen molar-refractivity contribution in [2.75, 3.05) is 7.11 Å². The van der Waals surface area contributed by atoms with Gasteiger partial charge in [-0.25, -0.2) is 0 Å². The van der Waals surface area contributed by atoms with E-state index in [4.69, 9.17) is 4.74 Å². The zero-order chi connectivity index (χ0) is 26.2. The summed E-state index contributed by atoms with van der Waals surface area (Å²) in [4.78, 5) is 12.9. The van der Waals surface area contributed by atoms with Gasteiger partial charge in [-0.2, -0.15) is 0 Å². The highest BCUT2D eigenvalue weighted by Gasteiger charge is 2.65. The monoisotopic (exact) mass is 484 g/mol. The van der Waals surface area contributed by atoms with Gasteiger partial charge in [0.1, 0.15) is 5.78 Å². The lowest BCUT2D eigenvalue weighted by Gasteiger charge is -2.63. The predicted octanol–water partition coefficient (Wildman–Crippen LogP) is 9.03. The molecule has 8 unspecified atom stereocenters. The van der Waals surface area contributed by atoms with Crippen molar-refractivity contribution in [1.82, 2.24) is 0 Å². The Balaban J connectivity index is 1.59. The fourth-order valence-electron chi connectivity index (χ4n) is 9.97. The Bertz CT molecular complexity index is 876. The summed E-state index contributed by atoms with van der Waals surface area (Å²) in [6, 6.07) is 0. The number of ether oxygens (including phenoxy) is 1. The second-order valence-corrected chi connectivity index (χ2v) is 15.8. The molecule has 0 N–H and O–H groups in total. The van der Waals surface area contributed by atoms with Crippen molar-refractivity contribution in [2.24, 2.45) is 50.7 Å². The highest BCUT2D eigenvalue weighted by atomic mass is 16.5. The van der Waals surface area contributed by atoms with Crippen molar-refractivity contribution in [3.05, 3.63) is 11.6 Å². The van der Waals surface area contributed by atoms with Gasteiger partial charge in [-0.1, -0.05) is 74.0 Å². The van der Waals surface area contributed by atoms with Crippen LogP contribution in [0.2, 0.25) is 0 Å². The van der Waals surface area contributed by atoms with Crippen molar-refractivity contribution in [1.29, 1.82) is 0 Å². The normalized spacial score (nSPS) is 43.5. The molecule has 0 amide bonds. The van der Waals surface area contributed by atoms with Crippen LogP contribution >= 0.6 is 0 Å². The molecule has 2 nitrogen and oxygen atoms in total. The van der Waals surface area contributed by atoms with Crippen molar-refractivity contribution in [3.63, 3.8) is 0 Å². The minimum Gasteiger partial charge on any atom is -0.378 e. The molecule has 200 valence electrons. The van der Waals surface area contributed by atoms with Gasteiger partial charge < -0.3 is 4.74 Å². The topological polar surface area (TPSA) is 26.3 Å². The Kier molecular flexibility index (Phi) is 6.61. The lowest BCUT2D eigenvalue weighted by Crippen LogP contribution is -2.56. The molecule has 0 aromatic carbocycles. The smallest absolute Gasteiger partial charge is 0.138 e. The Morgan fingerprint density at radius 2 is 1.66 bits per heavy atom. The van der Waals surface area contributed by atoms with Gasteiger partial charge in [-0.15, -0.1) is 0 Å². The Labute approximate surface area is 217 Å². The van der Waals surface area contributed by atoms with Crippen LogP contribution < -0.4 is 0 Å². The highest BCUT2D eigenvalue weighted by Crippen LogP contribution is 2.73. The molecule has 0 aromatic heterocycles. The van der Waals surface area contributed by atoms with Gasteiger partial charge in [0, 0.05) is 18.9 Å². The van der Waals surface area contributed by atoms with Crippen LogP contribution in [-0.4, -0.2) is 18.5 Å². The maximum atomic E-state index is 12.9. The number of fused-ring (bicyclic) bond motifs is 5. The molecule has 0 heterocycles. The largest absolute Gasteiger partial charge is 0.378 e. The lowest BCUT2D eigenvalue weighted by molar-refractivity contribution is -0.142. The number of hydrogen-bond donors (Lipinski definition) is 0. The molecule has 0 bridgehead atoms. The van der Waals surface area contributed by atoms with Crippen LogP contribution in [0.15, 0.2) is 11.6 Å². The average molecular weight is 485 g/mol. The summed E-state index contributed by atoms with van der Waals surface area (Å²) in [6.07, 6.45) is 13.4. The molecule has 35 heavy (non-hydrogen) atoms. The minimum absolute atomic E-state index is 0.0814. The quantitative estimate of drug-likeness (QED) is 0.364. The van der Waals surface area contributed by atoms with E-state index in [-0.39, 0.29) is 21.8 Å². The lowest BCUT2D eigenvalue weighted by atomic mass is 9.41. The third-order valence-corrected chi connectivity index (χ3v) is 13.4. The maximum absolute atomic E-state index is 12.9. The zero-order valence-corrected chi connectivity index (χ0v) is 25.1.